The van der Waals surface area contributed by atoms with Crippen LogP contribution in [0.3, 0.4) is 0 Å². The normalized spacial score (nSPS) is 32.4. The van der Waals surface area contributed by atoms with E-state index in [1.807, 2.05) is 18.1 Å². The number of aliphatic hydroxyl groups is 1. The topological polar surface area (TPSA) is 136 Å². The van der Waals surface area contributed by atoms with Gasteiger partial charge < -0.3 is 23.7 Å². The van der Waals surface area contributed by atoms with Crippen LogP contribution >= 0.6 is 0 Å². The van der Waals surface area contributed by atoms with Crippen molar-refractivity contribution in [3.63, 3.8) is 0 Å². The summed E-state index contributed by atoms with van der Waals surface area (Å²) < 4.78 is 38.6. The number of hydrogen-bond acceptors (Lipinski definition) is 8. The highest BCUT2D eigenvalue weighted by Crippen LogP contribution is 2.46. The Labute approximate surface area is 186 Å². The molecular formula is C20H30FN3O7Si. The van der Waals surface area contributed by atoms with Crippen molar-refractivity contribution in [1.29, 1.82) is 5.26 Å². The Bertz CT molecular complexity index is 1040. The third-order valence-corrected chi connectivity index (χ3v) is 10.9. The van der Waals surface area contributed by atoms with E-state index in [0.717, 1.165) is 0 Å². The van der Waals surface area contributed by atoms with Crippen LogP contribution in [-0.4, -0.2) is 59.3 Å². The molecule has 0 saturated carbocycles. The monoisotopic (exact) mass is 471 g/mol. The number of halogens is 1. The number of H-pyrrole nitrogens is 1. The summed E-state index contributed by atoms with van der Waals surface area (Å²) in [4.78, 5) is 25.7. The molecular weight excluding hydrogens is 441 g/mol. The fourth-order valence-corrected chi connectivity index (χ4v) is 4.57. The number of nitrogens with one attached hydrogen (secondary N) is 1. The summed E-state index contributed by atoms with van der Waals surface area (Å²) in [5, 5.41) is 21.0. The van der Waals surface area contributed by atoms with Crippen LogP contribution in [0.2, 0.25) is 18.1 Å². The lowest BCUT2D eigenvalue weighted by atomic mass is 9.86. The van der Waals surface area contributed by atoms with Crippen LogP contribution in [0.5, 0.6) is 0 Å². The van der Waals surface area contributed by atoms with E-state index < -0.39 is 61.3 Å². The molecule has 3 heterocycles. The summed E-state index contributed by atoms with van der Waals surface area (Å²) in [7, 11) is -2.22. The molecule has 3 rings (SSSR count). The van der Waals surface area contributed by atoms with Gasteiger partial charge in [0.05, 0.1) is 12.8 Å². The van der Waals surface area contributed by atoms with Crippen molar-refractivity contribution < 1.29 is 28.1 Å². The first kappa shape index (κ1) is 24.8. The SMILES string of the molecule is CC1(C)O[C@H]2[C@@H](CO[Si](C)(C)C(C)(C)C)O[C@@H](n3cc(F)c(=O)[nH]c3=O)[C@@](O)(C#N)[C@H]2O1. The zero-order valence-electron chi connectivity index (χ0n) is 19.3. The van der Waals surface area contributed by atoms with E-state index in [1.54, 1.807) is 19.9 Å². The molecule has 0 bridgehead atoms. The second kappa shape index (κ2) is 7.86. The maximum Gasteiger partial charge on any atom is 0.330 e. The number of nitrogens with zero attached hydrogens (tertiary/aromatic N) is 2. The Morgan fingerprint density at radius 1 is 1.34 bits per heavy atom. The predicted octanol–water partition coefficient (Wildman–Crippen LogP) is 1.37. The second-order valence-corrected chi connectivity index (χ2v) is 15.0. The van der Waals surface area contributed by atoms with Gasteiger partial charge in [-0.25, -0.2) is 4.79 Å². The molecule has 0 spiro atoms. The minimum absolute atomic E-state index is 0.0374. The Kier molecular flexibility index (Phi) is 6.08. The van der Waals surface area contributed by atoms with Crippen molar-refractivity contribution in [2.24, 2.45) is 0 Å². The number of ether oxygens (including phenoxy) is 3. The largest absolute Gasteiger partial charge is 0.414 e. The van der Waals surface area contributed by atoms with Gasteiger partial charge in [-0.2, -0.15) is 9.65 Å². The van der Waals surface area contributed by atoms with Gasteiger partial charge in [0.25, 0.3) is 5.56 Å². The van der Waals surface area contributed by atoms with Crippen molar-refractivity contribution in [2.45, 2.75) is 88.7 Å². The number of hydrogen-bond donors (Lipinski definition) is 2. The average molecular weight is 472 g/mol. The summed E-state index contributed by atoms with van der Waals surface area (Å²) in [5.41, 5.74) is -4.68. The van der Waals surface area contributed by atoms with Gasteiger partial charge in [-0.05, 0) is 32.0 Å². The number of rotatable bonds is 4. The fraction of sp³-hybridized carbons (Fsp3) is 0.750. The van der Waals surface area contributed by atoms with E-state index in [9.17, 15) is 24.3 Å². The lowest BCUT2D eigenvalue weighted by Gasteiger charge is -2.45. The lowest BCUT2D eigenvalue weighted by molar-refractivity contribution is -0.251. The number of aromatic nitrogens is 2. The highest BCUT2D eigenvalue weighted by Gasteiger charge is 2.64. The van der Waals surface area contributed by atoms with Crippen molar-refractivity contribution in [1.82, 2.24) is 9.55 Å². The van der Waals surface area contributed by atoms with Gasteiger partial charge in [0.2, 0.25) is 11.4 Å². The third-order valence-electron chi connectivity index (χ3n) is 6.38. The van der Waals surface area contributed by atoms with E-state index in [2.05, 4.69) is 20.8 Å². The van der Waals surface area contributed by atoms with Gasteiger partial charge in [0.15, 0.2) is 20.3 Å². The summed E-state index contributed by atoms with van der Waals surface area (Å²) >= 11 is 0. The zero-order chi connectivity index (χ0) is 24.3. The molecule has 0 aromatic carbocycles. The molecule has 5 atom stereocenters. The van der Waals surface area contributed by atoms with Crippen LogP contribution in [0.25, 0.3) is 0 Å². The highest BCUT2D eigenvalue weighted by atomic mass is 28.4. The summed E-state index contributed by atoms with van der Waals surface area (Å²) in [6, 6.07) is 1.74. The van der Waals surface area contributed by atoms with E-state index in [4.69, 9.17) is 18.6 Å². The molecule has 1 aromatic rings. The van der Waals surface area contributed by atoms with Crippen LogP contribution in [-0.2, 0) is 18.6 Å². The van der Waals surface area contributed by atoms with E-state index in [-0.39, 0.29) is 11.6 Å². The summed E-state index contributed by atoms with van der Waals surface area (Å²) in [5.74, 6) is -2.43. The Balaban J connectivity index is 2.05. The zero-order valence-corrected chi connectivity index (χ0v) is 20.3. The highest BCUT2D eigenvalue weighted by molar-refractivity contribution is 6.74. The second-order valence-electron chi connectivity index (χ2n) is 10.2. The molecule has 2 N–H and O–H groups in total. The summed E-state index contributed by atoms with van der Waals surface area (Å²) in [6.07, 6.45) is -4.05. The molecule has 12 heteroatoms. The standard InChI is InChI=1S/C20H30FN3O7Si/c1-18(2,3)32(6,7)28-9-12-13-14(31-19(4,5)30-13)20(27,10-22)16(29-12)24-8-11(21)15(25)23-17(24)26/h8,12-14,16,27H,9H2,1-7H3,(H,23,25,26)/t12-,13+,14+,16-,20-/m1/s1. The van der Waals surface area contributed by atoms with Gasteiger partial charge in [-0.15, -0.1) is 0 Å². The molecule has 178 valence electrons. The van der Waals surface area contributed by atoms with Crippen LogP contribution < -0.4 is 11.2 Å². The molecule has 1 aromatic heterocycles. The van der Waals surface area contributed by atoms with Gasteiger partial charge in [-0.3, -0.25) is 14.3 Å². The fourth-order valence-electron chi connectivity index (χ4n) is 3.56. The Morgan fingerprint density at radius 3 is 2.53 bits per heavy atom. The maximum absolute atomic E-state index is 14.0. The number of nitriles is 1. The Morgan fingerprint density at radius 2 is 1.97 bits per heavy atom. The maximum atomic E-state index is 14.0. The Hall–Kier alpha value is -1.88. The lowest BCUT2D eigenvalue weighted by Crippen LogP contribution is -2.64. The molecule has 0 radical (unpaired) electrons. The van der Waals surface area contributed by atoms with Crippen LogP contribution in [0.15, 0.2) is 15.8 Å². The first-order valence-corrected chi connectivity index (χ1v) is 13.2. The van der Waals surface area contributed by atoms with E-state index in [0.29, 0.717) is 10.8 Å². The molecule has 0 unspecified atom stereocenters. The molecule has 0 aliphatic carbocycles. The summed E-state index contributed by atoms with van der Waals surface area (Å²) in [6.45, 7) is 13.6. The van der Waals surface area contributed by atoms with Gasteiger partial charge in [0.1, 0.15) is 24.4 Å². The number of fused-ring (bicyclic) bond motifs is 1. The van der Waals surface area contributed by atoms with Gasteiger partial charge in [-0.1, -0.05) is 20.8 Å². The molecule has 2 saturated heterocycles. The third kappa shape index (κ3) is 4.21. The van der Waals surface area contributed by atoms with E-state index in [1.165, 1.54) is 0 Å². The van der Waals surface area contributed by atoms with Crippen LogP contribution in [0.1, 0.15) is 40.8 Å². The predicted molar refractivity (Wildman–Crippen MR) is 113 cm³/mol. The van der Waals surface area contributed by atoms with Crippen molar-refractivity contribution >= 4 is 8.32 Å². The molecule has 2 fully saturated rings. The average Bonchev–Trinajstić information content (AvgIpc) is 3.00. The molecule has 10 nitrogen and oxygen atoms in total. The molecule has 32 heavy (non-hydrogen) atoms. The number of aromatic amines is 1. The van der Waals surface area contributed by atoms with Crippen molar-refractivity contribution in [3.05, 3.63) is 32.9 Å². The first-order valence-electron chi connectivity index (χ1n) is 10.3. The van der Waals surface area contributed by atoms with Gasteiger partial charge >= 0.3 is 5.69 Å². The first-order chi connectivity index (χ1) is 14.5. The molecule has 2 aliphatic rings. The van der Waals surface area contributed by atoms with Gasteiger partial charge in [0, 0.05) is 0 Å². The quantitative estimate of drug-likeness (QED) is 0.496. The van der Waals surface area contributed by atoms with Crippen LogP contribution in [0.4, 0.5) is 4.39 Å². The molecule has 2 aliphatic heterocycles. The van der Waals surface area contributed by atoms with E-state index >= 15 is 0 Å². The molecule has 0 amide bonds. The smallest absolute Gasteiger partial charge is 0.330 e. The van der Waals surface area contributed by atoms with Crippen molar-refractivity contribution in [2.75, 3.05) is 6.61 Å². The minimum Gasteiger partial charge on any atom is -0.414 e. The minimum atomic E-state index is -2.42. The van der Waals surface area contributed by atoms with Crippen LogP contribution in [0, 0.1) is 17.1 Å². The van der Waals surface area contributed by atoms with Crippen molar-refractivity contribution in [3.8, 4) is 6.07 Å².